The smallest absolute Gasteiger partial charge is 0.0727 e. The molecule has 0 aromatic rings. The van der Waals surface area contributed by atoms with Crippen LogP contribution in [-0.2, 0) is 9.47 Å². The Kier molecular flexibility index (Phi) is 3.41. The highest BCUT2D eigenvalue weighted by molar-refractivity contribution is 5.04. The molecule has 2 aliphatic carbocycles. The van der Waals surface area contributed by atoms with Gasteiger partial charge in [-0.25, -0.2) is 0 Å². The Morgan fingerprint density at radius 3 is 2.61 bits per heavy atom. The van der Waals surface area contributed by atoms with Gasteiger partial charge < -0.3 is 14.6 Å². The summed E-state index contributed by atoms with van der Waals surface area (Å²) in [6, 6.07) is 0. The second-order valence-electron chi connectivity index (χ2n) is 6.52. The van der Waals surface area contributed by atoms with Crippen molar-refractivity contribution in [1.82, 2.24) is 0 Å². The molecule has 1 atom stereocenters. The van der Waals surface area contributed by atoms with E-state index in [0.29, 0.717) is 12.0 Å². The molecule has 1 heterocycles. The third-order valence-electron chi connectivity index (χ3n) is 5.33. The fourth-order valence-corrected chi connectivity index (χ4v) is 4.27. The monoisotopic (exact) mass is 254 g/mol. The van der Waals surface area contributed by atoms with Gasteiger partial charge in [-0.2, -0.15) is 0 Å². The maximum absolute atomic E-state index is 10.7. The van der Waals surface area contributed by atoms with Crippen molar-refractivity contribution in [2.75, 3.05) is 13.2 Å². The highest BCUT2D eigenvalue weighted by atomic mass is 16.5. The van der Waals surface area contributed by atoms with Crippen LogP contribution in [0.2, 0.25) is 0 Å². The van der Waals surface area contributed by atoms with Crippen LogP contribution in [0.3, 0.4) is 0 Å². The van der Waals surface area contributed by atoms with Crippen molar-refractivity contribution in [2.24, 2.45) is 5.92 Å². The Morgan fingerprint density at radius 2 is 1.94 bits per heavy atom. The third kappa shape index (κ3) is 2.21. The van der Waals surface area contributed by atoms with Crippen molar-refractivity contribution in [1.29, 1.82) is 0 Å². The molecule has 0 bridgehead atoms. The highest BCUT2D eigenvalue weighted by Gasteiger charge is 2.53. The predicted octanol–water partition coefficient (Wildman–Crippen LogP) is 2.66. The Morgan fingerprint density at radius 1 is 1.22 bits per heavy atom. The zero-order valence-corrected chi connectivity index (χ0v) is 11.5. The lowest BCUT2D eigenvalue weighted by atomic mass is 9.64. The first-order chi connectivity index (χ1) is 8.66. The van der Waals surface area contributed by atoms with Gasteiger partial charge in [0.05, 0.1) is 17.3 Å². The van der Waals surface area contributed by atoms with Crippen LogP contribution in [0.4, 0.5) is 0 Å². The summed E-state index contributed by atoms with van der Waals surface area (Å²) in [7, 11) is 0. The van der Waals surface area contributed by atoms with Gasteiger partial charge in [0.1, 0.15) is 0 Å². The second-order valence-corrected chi connectivity index (χ2v) is 6.52. The molecular weight excluding hydrogens is 228 g/mol. The van der Waals surface area contributed by atoms with Crippen LogP contribution in [0.1, 0.15) is 58.3 Å². The molecule has 104 valence electrons. The quantitative estimate of drug-likeness (QED) is 0.841. The zero-order valence-electron chi connectivity index (χ0n) is 11.5. The molecule has 3 fully saturated rings. The van der Waals surface area contributed by atoms with Crippen molar-refractivity contribution >= 4 is 0 Å². The Bertz CT molecular complexity index is 290. The van der Waals surface area contributed by atoms with E-state index in [2.05, 4.69) is 0 Å². The van der Waals surface area contributed by atoms with Crippen molar-refractivity contribution in [2.45, 2.75) is 75.6 Å². The van der Waals surface area contributed by atoms with Crippen LogP contribution in [0, 0.1) is 5.92 Å². The average molecular weight is 254 g/mol. The van der Waals surface area contributed by atoms with Gasteiger partial charge in [-0.15, -0.1) is 0 Å². The van der Waals surface area contributed by atoms with E-state index in [9.17, 15) is 5.11 Å². The van der Waals surface area contributed by atoms with E-state index in [1.165, 1.54) is 25.7 Å². The minimum atomic E-state index is -0.459. The normalized spacial score (nSPS) is 43.0. The zero-order chi connectivity index (χ0) is 12.6. The summed E-state index contributed by atoms with van der Waals surface area (Å²) in [5.74, 6) is 0.432. The first-order valence-electron chi connectivity index (χ1n) is 7.64. The van der Waals surface area contributed by atoms with Crippen LogP contribution < -0.4 is 0 Å². The fourth-order valence-electron chi connectivity index (χ4n) is 4.27. The second kappa shape index (κ2) is 4.77. The molecule has 3 nitrogen and oxygen atoms in total. The van der Waals surface area contributed by atoms with E-state index in [4.69, 9.17) is 9.47 Å². The van der Waals surface area contributed by atoms with Crippen molar-refractivity contribution in [3.63, 3.8) is 0 Å². The molecule has 1 unspecified atom stereocenters. The molecule has 1 saturated heterocycles. The topological polar surface area (TPSA) is 38.7 Å². The molecule has 3 heteroatoms. The molecule has 18 heavy (non-hydrogen) atoms. The van der Waals surface area contributed by atoms with E-state index in [-0.39, 0.29) is 5.60 Å². The van der Waals surface area contributed by atoms with Gasteiger partial charge in [0.2, 0.25) is 0 Å². The Balaban J connectivity index is 1.59. The number of rotatable bonds is 3. The van der Waals surface area contributed by atoms with Gasteiger partial charge in [-0.05, 0) is 38.5 Å². The molecule has 0 aromatic carbocycles. The lowest BCUT2D eigenvalue weighted by Crippen LogP contribution is -2.57. The molecule has 0 radical (unpaired) electrons. The summed E-state index contributed by atoms with van der Waals surface area (Å²) in [5.41, 5.74) is -0.339. The van der Waals surface area contributed by atoms with Crippen molar-refractivity contribution in [3.05, 3.63) is 0 Å². The summed E-state index contributed by atoms with van der Waals surface area (Å²) < 4.78 is 11.6. The van der Waals surface area contributed by atoms with Crippen LogP contribution in [0.15, 0.2) is 0 Å². The number of ether oxygens (including phenoxy) is 2. The summed E-state index contributed by atoms with van der Waals surface area (Å²) in [6.45, 7) is 3.63. The Hall–Kier alpha value is -0.120. The number of hydrogen-bond donors (Lipinski definition) is 1. The van der Waals surface area contributed by atoms with E-state index in [1.54, 1.807) is 0 Å². The molecule has 1 aliphatic heterocycles. The van der Waals surface area contributed by atoms with Crippen molar-refractivity contribution in [3.8, 4) is 0 Å². The van der Waals surface area contributed by atoms with Gasteiger partial charge >= 0.3 is 0 Å². The summed E-state index contributed by atoms with van der Waals surface area (Å²) in [4.78, 5) is 0. The largest absolute Gasteiger partial charge is 0.389 e. The van der Waals surface area contributed by atoms with Crippen LogP contribution in [-0.4, -0.2) is 35.6 Å². The standard InChI is InChI=1S/C15H26O3/c1-2-17-13-10-15(16,11-13)12-5-8-18-14(9-12)6-3-4-7-14/h12-13,16H,2-11H2,1H3. The first kappa shape index (κ1) is 12.9. The minimum Gasteiger partial charge on any atom is -0.389 e. The minimum absolute atomic E-state index is 0.120. The van der Waals surface area contributed by atoms with E-state index < -0.39 is 5.60 Å². The summed E-state index contributed by atoms with van der Waals surface area (Å²) in [5, 5.41) is 10.7. The van der Waals surface area contributed by atoms with Crippen LogP contribution in [0.5, 0.6) is 0 Å². The third-order valence-corrected chi connectivity index (χ3v) is 5.33. The molecule has 2 saturated carbocycles. The Labute approximate surface area is 110 Å². The fraction of sp³-hybridized carbons (Fsp3) is 1.00. The predicted molar refractivity (Wildman–Crippen MR) is 69.5 cm³/mol. The molecule has 1 spiro atoms. The van der Waals surface area contributed by atoms with Gasteiger partial charge in [0.15, 0.2) is 0 Å². The van der Waals surface area contributed by atoms with E-state index in [1.807, 2.05) is 6.92 Å². The first-order valence-corrected chi connectivity index (χ1v) is 7.64. The molecule has 0 amide bonds. The van der Waals surface area contributed by atoms with E-state index >= 15 is 0 Å². The maximum Gasteiger partial charge on any atom is 0.0727 e. The van der Waals surface area contributed by atoms with Crippen LogP contribution in [0.25, 0.3) is 0 Å². The average Bonchev–Trinajstić information content (AvgIpc) is 2.75. The van der Waals surface area contributed by atoms with Crippen molar-refractivity contribution < 1.29 is 14.6 Å². The molecule has 3 rings (SSSR count). The molecular formula is C15H26O3. The lowest BCUT2D eigenvalue weighted by molar-refractivity contribution is -0.203. The molecule has 0 aromatic heterocycles. The van der Waals surface area contributed by atoms with Gasteiger partial charge in [0.25, 0.3) is 0 Å². The van der Waals surface area contributed by atoms with Gasteiger partial charge in [0, 0.05) is 26.1 Å². The number of hydrogen-bond acceptors (Lipinski definition) is 3. The molecule has 3 aliphatic rings. The summed E-state index contributed by atoms with van der Waals surface area (Å²) in [6.07, 6.45) is 9.06. The SMILES string of the molecule is CCOC1CC(O)(C2CCOC3(CCCC3)C2)C1. The highest BCUT2D eigenvalue weighted by Crippen LogP contribution is 2.50. The lowest BCUT2D eigenvalue weighted by Gasteiger charge is -2.52. The summed E-state index contributed by atoms with van der Waals surface area (Å²) >= 11 is 0. The van der Waals surface area contributed by atoms with Crippen LogP contribution >= 0.6 is 0 Å². The van der Waals surface area contributed by atoms with E-state index in [0.717, 1.165) is 38.9 Å². The molecule has 1 N–H and O–H groups in total. The maximum atomic E-state index is 10.7. The van der Waals surface area contributed by atoms with Gasteiger partial charge in [-0.1, -0.05) is 12.8 Å². The van der Waals surface area contributed by atoms with Gasteiger partial charge in [-0.3, -0.25) is 0 Å². The number of aliphatic hydroxyl groups is 1.